The van der Waals surface area contributed by atoms with Gasteiger partial charge in [0.25, 0.3) is 0 Å². The molecule has 1 aliphatic heterocycles. The van der Waals surface area contributed by atoms with Crippen LogP contribution in [0.25, 0.3) is 0 Å². The molecule has 1 aliphatic rings. The molecule has 4 atom stereocenters. The summed E-state index contributed by atoms with van der Waals surface area (Å²) in [6.07, 6.45) is 0. The zero-order valence-corrected chi connectivity index (χ0v) is 16.9. The quantitative estimate of drug-likeness (QED) is 0.393. The third-order valence-electron chi connectivity index (χ3n) is 3.56. The fourth-order valence-electron chi connectivity index (χ4n) is 2.15. The fraction of sp³-hybridized carbons (Fsp3) is 1.00. The van der Waals surface area contributed by atoms with E-state index in [4.69, 9.17) is 20.2 Å². The molecule has 0 aromatic rings. The van der Waals surface area contributed by atoms with Crippen LogP contribution in [0.15, 0.2) is 0 Å². The standard InChI is InChI=1S/C14H33N5.2ClH.Mn/c1-11-7-15-5-6-16-12(2)8-18-14(4)10-19-13(3)9-17-11;;;/h11-19H,5-10H2,1-4H3;2*1H;/q;;;+2/p-2/t11-,12+,13+,14-;;;/m1.../s1. The number of rotatable bonds is 0. The summed E-state index contributed by atoms with van der Waals surface area (Å²) in [5, 5.41) is 17.7. The molecule has 1 rings (SSSR count). The van der Waals surface area contributed by atoms with E-state index in [2.05, 4.69) is 54.3 Å². The predicted molar refractivity (Wildman–Crippen MR) is 94.4 cm³/mol. The van der Waals surface area contributed by atoms with Gasteiger partial charge in [0.2, 0.25) is 0 Å². The van der Waals surface area contributed by atoms with E-state index in [1.54, 1.807) is 0 Å². The Kier molecular flexibility index (Phi) is 16.1. The van der Waals surface area contributed by atoms with Gasteiger partial charge in [-0.25, -0.2) is 0 Å². The number of hydrogen-bond acceptors (Lipinski definition) is 5. The molecule has 0 aromatic carbocycles. The van der Waals surface area contributed by atoms with Gasteiger partial charge in [0.05, 0.1) is 0 Å². The van der Waals surface area contributed by atoms with Gasteiger partial charge in [0, 0.05) is 63.4 Å². The van der Waals surface area contributed by atoms with Crippen LogP contribution < -0.4 is 26.6 Å². The molecule has 1 heterocycles. The van der Waals surface area contributed by atoms with Crippen LogP contribution in [0.4, 0.5) is 0 Å². The zero-order valence-electron chi connectivity index (χ0n) is 14.2. The number of hydrogen-bond donors (Lipinski definition) is 5. The molecule has 0 amide bonds. The van der Waals surface area contributed by atoms with E-state index in [1.807, 2.05) is 0 Å². The van der Waals surface area contributed by atoms with E-state index in [0.717, 1.165) is 39.3 Å². The van der Waals surface area contributed by atoms with Crippen molar-refractivity contribution >= 4 is 20.2 Å². The molecule has 0 saturated carbocycles. The van der Waals surface area contributed by atoms with Crippen molar-refractivity contribution in [3.8, 4) is 0 Å². The van der Waals surface area contributed by atoms with Crippen LogP contribution in [0.1, 0.15) is 27.7 Å². The molecule has 0 bridgehead atoms. The van der Waals surface area contributed by atoms with Gasteiger partial charge in [-0.05, 0) is 27.7 Å². The van der Waals surface area contributed by atoms with Crippen molar-refractivity contribution in [2.45, 2.75) is 51.9 Å². The third-order valence-corrected chi connectivity index (χ3v) is 3.56. The Labute approximate surface area is 151 Å². The van der Waals surface area contributed by atoms with Crippen LogP contribution in [0.5, 0.6) is 0 Å². The summed E-state index contributed by atoms with van der Waals surface area (Å²) in [6.45, 7) is 15.1. The number of halogens is 2. The Morgan fingerprint density at radius 3 is 1.45 bits per heavy atom. The van der Waals surface area contributed by atoms with Crippen molar-refractivity contribution < 1.29 is 13.1 Å². The van der Waals surface area contributed by atoms with E-state index >= 15 is 0 Å². The van der Waals surface area contributed by atoms with Crippen molar-refractivity contribution in [1.82, 2.24) is 26.6 Å². The zero-order chi connectivity index (χ0) is 16.8. The molecule has 1 saturated heterocycles. The topological polar surface area (TPSA) is 60.1 Å². The molecule has 135 valence electrons. The Bertz CT molecular complexity index is 229. The second-order valence-corrected chi connectivity index (χ2v) is 7.99. The Morgan fingerprint density at radius 2 is 1.00 bits per heavy atom. The van der Waals surface area contributed by atoms with Crippen molar-refractivity contribution in [2.24, 2.45) is 0 Å². The molecule has 8 heteroatoms. The van der Waals surface area contributed by atoms with Gasteiger partial charge in [-0.15, -0.1) is 0 Å². The average Bonchev–Trinajstić information content (AvgIpc) is 2.48. The summed E-state index contributed by atoms with van der Waals surface area (Å²) in [4.78, 5) is 0. The first-order chi connectivity index (χ1) is 10.5. The maximum atomic E-state index is 4.80. The molecule has 0 aliphatic carbocycles. The molecule has 5 nitrogen and oxygen atoms in total. The van der Waals surface area contributed by atoms with E-state index in [1.165, 1.54) is 0 Å². The van der Waals surface area contributed by atoms with E-state index in [9.17, 15) is 0 Å². The summed E-state index contributed by atoms with van der Waals surface area (Å²) in [5.74, 6) is 0. The predicted octanol–water partition coefficient (Wildman–Crippen LogP) is 0.879. The molecule has 0 spiro atoms. The fourth-order valence-corrected chi connectivity index (χ4v) is 2.15. The van der Waals surface area contributed by atoms with Gasteiger partial charge in [-0.3, -0.25) is 0 Å². The molecular weight excluding hydrogens is 364 g/mol. The van der Waals surface area contributed by atoms with Gasteiger partial charge < -0.3 is 26.6 Å². The van der Waals surface area contributed by atoms with Crippen LogP contribution in [0.3, 0.4) is 0 Å². The summed E-state index contributed by atoms with van der Waals surface area (Å²) < 4.78 is 0. The van der Waals surface area contributed by atoms with Crippen LogP contribution >= 0.6 is 20.2 Å². The Balaban J connectivity index is 0.00000135. The van der Waals surface area contributed by atoms with Crippen molar-refractivity contribution in [2.75, 3.05) is 39.3 Å². The minimum atomic E-state index is 0.00694. The average molecular weight is 397 g/mol. The van der Waals surface area contributed by atoms with Crippen LogP contribution in [-0.2, 0) is 13.1 Å². The van der Waals surface area contributed by atoms with E-state index in [-0.39, 0.29) is 13.1 Å². The van der Waals surface area contributed by atoms with Crippen molar-refractivity contribution in [3.63, 3.8) is 0 Å². The molecule has 5 N–H and O–H groups in total. The second kappa shape index (κ2) is 15.4. The normalized spacial score (nSPS) is 33.0. The van der Waals surface area contributed by atoms with E-state index in [0.29, 0.717) is 24.2 Å². The first-order valence-electron chi connectivity index (χ1n) is 8.00. The van der Waals surface area contributed by atoms with Crippen LogP contribution in [0, 0.1) is 0 Å². The van der Waals surface area contributed by atoms with Gasteiger partial charge in [0.15, 0.2) is 0 Å². The molecular formula is C14H33Cl2MnN5. The Morgan fingerprint density at radius 1 is 0.636 bits per heavy atom. The molecule has 22 heavy (non-hydrogen) atoms. The SMILES string of the molecule is C[C@@H]1CNCCN[C@@H](C)CN[C@H](C)CN[C@@H](C)CN1.[Cl][Mn][Cl]. The monoisotopic (exact) mass is 396 g/mol. The van der Waals surface area contributed by atoms with E-state index < -0.39 is 0 Å². The van der Waals surface area contributed by atoms with Crippen molar-refractivity contribution in [1.29, 1.82) is 0 Å². The van der Waals surface area contributed by atoms with Gasteiger partial charge >= 0.3 is 33.3 Å². The molecule has 0 aromatic heterocycles. The number of nitrogens with one attached hydrogen (secondary N) is 5. The first kappa shape index (κ1) is 22.9. The second-order valence-electron chi connectivity index (χ2n) is 6.04. The van der Waals surface area contributed by atoms with Crippen LogP contribution in [0.2, 0.25) is 0 Å². The summed E-state index contributed by atoms with van der Waals surface area (Å²) in [7, 11) is 9.59. The summed E-state index contributed by atoms with van der Waals surface area (Å²) >= 11 is 0.00694. The van der Waals surface area contributed by atoms with Gasteiger partial charge in [-0.2, -0.15) is 0 Å². The molecule has 0 unspecified atom stereocenters. The van der Waals surface area contributed by atoms with Crippen LogP contribution in [-0.4, -0.2) is 63.4 Å². The van der Waals surface area contributed by atoms with Crippen molar-refractivity contribution in [3.05, 3.63) is 0 Å². The summed E-state index contributed by atoms with van der Waals surface area (Å²) in [5.41, 5.74) is 0. The van der Waals surface area contributed by atoms with Gasteiger partial charge in [-0.1, -0.05) is 0 Å². The molecule has 0 radical (unpaired) electrons. The maximum absolute atomic E-state index is 4.80. The summed E-state index contributed by atoms with van der Waals surface area (Å²) in [6, 6.07) is 2.05. The molecule has 1 fully saturated rings. The Hall–Kier alpha value is 0.899. The first-order valence-corrected chi connectivity index (χ1v) is 11.3. The third kappa shape index (κ3) is 14.5. The minimum absolute atomic E-state index is 0.00694. The van der Waals surface area contributed by atoms with Gasteiger partial charge in [0.1, 0.15) is 0 Å².